The fraction of sp³-hybridized carbons (Fsp3) is 0.500. The van der Waals surface area contributed by atoms with Gasteiger partial charge >= 0.3 is 0 Å². The third-order valence-electron chi connectivity index (χ3n) is 3.80. The van der Waals surface area contributed by atoms with Crippen molar-refractivity contribution in [3.8, 4) is 0 Å². The summed E-state index contributed by atoms with van der Waals surface area (Å²) in [4.78, 5) is 20.0. The summed E-state index contributed by atoms with van der Waals surface area (Å²) in [6.45, 7) is 1.76. The molecule has 0 aliphatic carbocycles. The van der Waals surface area contributed by atoms with Crippen molar-refractivity contribution in [1.82, 2.24) is 15.1 Å². The minimum absolute atomic E-state index is 0.0347. The Kier molecular flexibility index (Phi) is 6.78. The number of carbonyl (C=O) groups excluding carboxylic acids is 1. The molecular formula is C16H21ClF2N4O. The zero-order chi connectivity index (χ0) is 17.5. The van der Waals surface area contributed by atoms with Crippen LogP contribution in [0.2, 0.25) is 5.02 Å². The van der Waals surface area contributed by atoms with Gasteiger partial charge in [-0.2, -0.15) is 0 Å². The average Bonchev–Trinajstić information content (AvgIpc) is 2.55. The van der Waals surface area contributed by atoms with Crippen LogP contribution in [0, 0.1) is 0 Å². The van der Waals surface area contributed by atoms with E-state index in [1.165, 1.54) is 0 Å². The van der Waals surface area contributed by atoms with Crippen LogP contribution in [0.5, 0.6) is 0 Å². The van der Waals surface area contributed by atoms with Crippen molar-refractivity contribution in [3.63, 3.8) is 0 Å². The minimum atomic E-state index is -2.43. The van der Waals surface area contributed by atoms with Crippen molar-refractivity contribution in [2.45, 2.75) is 12.8 Å². The summed E-state index contributed by atoms with van der Waals surface area (Å²) in [6.07, 6.45) is -2.12. The third-order valence-corrected chi connectivity index (χ3v) is 4.04. The average molecular weight is 359 g/mol. The second-order valence-electron chi connectivity index (χ2n) is 5.49. The number of guanidine groups is 1. The van der Waals surface area contributed by atoms with Crippen LogP contribution in [0.1, 0.15) is 5.56 Å². The van der Waals surface area contributed by atoms with E-state index in [1.807, 2.05) is 17.0 Å². The quantitative estimate of drug-likeness (QED) is 0.660. The summed E-state index contributed by atoms with van der Waals surface area (Å²) in [5.41, 5.74) is 0.879. The molecule has 0 aromatic heterocycles. The number of rotatable bonds is 4. The molecule has 1 aromatic carbocycles. The molecular weight excluding hydrogens is 338 g/mol. The Morgan fingerprint density at radius 2 is 1.96 bits per heavy atom. The number of hydrogen-bond donors (Lipinski definition) is 1. The Labute approximate surface area is 145 Å². The lowest BCUT2D eigenvalue weighted by atomic mass is 10.1. The number of hydrogen-bond acceptors (Lipinski definition) is 2. The van der Waals surface area contributed by atoms with Crippen LogP contribution in [0.4, 0.5) is 8.78 Å². The Morgan fingerprint density at radius 1 is 1.29 bits per heavy atom. The normalized spacial score (nSPS) is 15.8. The highest BCUT2D eigenvalue weighted by Gasteiger charge is 2.23. The number of carbonyl (C=O) groups is 1. The van der Waals surface area contributed by atoms with E-state index in [1.54, 1.807) is 24.1 Å². The van der Waals surface area contributed by atoms with E-state index < -0.39 is 13.0 Å². The molecule has 1 aliphatic heterocycles. The van der Waals surface area contributed by atoms with Gasteiger partial charge in [0.15, 0.2) is 5.96 Å². The molecule has 0 radical (unpaired) electrons. The van der Waals surface area contributed by atoms with Gasteiger partial charge in [-0.1, -0.05) is 23.7 Å². The number of nitrogens with zero attached hydrogens (tertiary/aromatic N) is 3. The van der Waals surface area contributed by atoms with Gasteiger partial charge in [-0.3, -0.25) is 9.79 Å². The fourth-order valence-electron chi connectivity index (χ4n) is 2.60. The topological polar surface area (TPSA) is 47.9 Å². The maximum Gasteiger partial charge on any atom is 0.255 e. The zero-order valence-corrected chi connectivity index (χ0v) is 14.3. The second kappa shape index (κ2) is 8.82. The highest BCUT2D eigenvalue weighted by Crippen LogP contribution is 2.13. The van der Waals surface area contributed by atoms with E-state index in [4.69, 9.17) is 11.6 Å². The molecule has 0 spiro atoms. The number of amides is 1. The molecule has 1 N–H and O–H groups in total. The molecule has 24 heavy (non-hydrogen) atoms. The van der Waals surface area contributed by atoms with Gasteiger partial charge < -0.3 is 15.1 Å². The van der Waals surface area contributed by atoms with Gasteiger partial charge in [0, 0.05) is 38.2 Å². The van der Waals surface area contributed by atoms with E-state index in [2.05, 4.69) is 10.3 Å². The third kappa shape index (κ3) is 5.33. The molecule has 1 saturated heterocycles. The molecule has 1 aromatic rings. The molecule has 1 aliphatic rings. The first-order chi connectivity index (χ1) is 11.5. The fourth-order valence-corrected chi connectivity index (χ4v) is 2.81. The number of nitrogens with one attached hydrogen (secondary N) is 1. The van der Waals surface area contributed by atoms with Crippen molar-refractivity contribution >= 4 is 23.5 Å². The van der Waals surface area contributed by atoms with Crippen LogP contribution in [0.3, 0.4) is 0 Å². The molecule has 1 amide bonds. The number of piperazine rings is 1. The lowest BCUT2D eigenvalue weighted by molar-refractivity contribution is -0.131. The van der Waals surface area contributed by atoms with E-state index in [9.17, 15) is 13.6 Å². The highest BCUT2D eigenvalue weighted by atomic mass is 35.5. The van der Waals surface area contributed by atoms with Crippen LogP contribution >= 0.6 is 11.6 Å². The Bertz CT molecular complexity index is 589. The highest BCUT2D eigenvalue weighted by molar-refractivity contribution is 6.30. The van der Waals surface area contributed by atoms with Gasteiger partial charge in [0.2, 0.25) is 5.91 Å². The molecule has 5 nitrogen and oxygen atoms in total. The predicted molar refractivity (Wildman–Crippen MR) is 90.7 cm³/mol. The summed E-state index contributed by atoms with van der Waals surface area (Å²) >= 11 is 5.93. The molecule has 0 unspecified atom stereocenters. The van der Waals surface area contributed by atoms with Crippen molar-refractivity contribution < 1.29 is 13.6 Å². The molecule has 2 rings (SSSR count). The van der Waals surface area contributed by atoms with Gasteiger partial charge in [-0.25, -0.2) is 8.78 Å². The standard InChI is InChI=1S/C16H21ClF2N4O/c1-20-16(21-11-14(18)19)23-7-5-22(6-8-23)15(24)10-12-3-2-4-13(17)9-12/h2-4,9,14H,5-8,10-11H2,1H3,(H,20,21). The first-order valence-electron chi connectivity index (χ1n) is 7.75. The van der Waals surface area contributed by atoms with Gasteiger partial charge in [0.05, 0.1) is 13.0 Å². The van der Waals surface area contributed by atoms with Crippen molar-refractivity contribution in [3.05, 3.63) is 34.9 Å². The van der Waals surface area contributed by atoms with Gasteiger partial charge in [-0.05, 0) is 17.7 Å². The monoisotopic (exact) mass is 358 g/mol. The summed E-state index contributed by atoms with van der Waals surface area (Å²) in [5.74, 6) is 0.477. The minimum Gasteiger partial charge on any atom is -0.351 e. The van der Waals surface area contributed by atoms with Crippen molar-refractivity contribution in [2.24, 2.45) is 4.99 Å². The van der Waals surface area contributed by atoms with E-state index >= 15 is 0 Å². The second-order valence-corrected chi connectivity index (χ2v) is 5.93. The lowest BCUT2D eigenvalue weighted by Gasteiger charge is -2.36. The first-order valence-corrected chi connectivity index (χ1v) is 8.13. The van der Waals surface area contributed by atoms with Crippen molar-refractivity contribution in [2.75, 3.05) is 39.8 Å². The molecule has 8 heteroatoms. The summed E-state index contributed by atoms with van der Waals surface area (Å²) in [6, 6.07) is 7.25. The molecule has 0 bridgehead atoms. The summed E-state index contributed by atoms with van der Waals surface area (Å²) < 4.78 is 24.6. The summed E-state index contributed by atoms with van der Waals surface area (Å²) in [7, 11) is 1.56. The van der Waals surface area contributed by atoms with E-state index in [0.29, 0.717) is 43.6 Å². The molecule has 132 valence electrons. The number of benzene rings is 1. The Morgan fingerprint density at radius 3 is 2.54 bits per heavy atom. The smallest absolute Gasteiger partial charge is 0.255 e. The van der Waals surface area contributed by atoms with Crippen LogP contribution < -0.4 is 5.32 Å². The number of halogens is 3. The van der Waals surface area contributed by atoms with E-state index in [-0.39, 0.29) is 5.91 Å². The Hall–Kier alpha value is -1.89. The SMILES string of the molecule is CN=C(NCC(F)F)N1CCN(C(=O)Cc2cccc(Cl)c2)CC1. The van der Waals surface area contributed by atoms with Crippen molar-refractivity contribution in [1.29, 1.82) is 0 Å². The van der Waals surface area contributed by atoms with Crippen LogP contribution in [0.15, 0.2) is 29.3 Å². The zero-order valence-electron chi connectivity index (χ0n) is 13.5. The Balaban J connectivity index is 1.84. The van der Waals surface area contributed by atoms with Gasteiger partial charge in [-0.15, -0.1) is 0 Å². The first kappa shape index (κ1) is 18.4. The summed E-state index contributed by atoms with van der Waals surface area (Å²) in [5, 5.41) is 3.25. The van der Waals surface area contributed by atoms with Gasteiger partial charge in [0.1, 0.15) is 0 Å². The maximum absolute atomic E-state index is 12.4. The van der Waals surface area contributed by atoms with E-state index in [0.717, 1.165) is 5.56 Å². The van der Waals surface area contributed by atoms with Gasteiger partial charge in [0.25, 0.3) is 6.43 Å². The predicted octanol–water partition coefficient (Wildman–Crippen LogP) is 1.87. The molecule has 0 atom stereocenters. The molecule has 0 saturated carbocycles. The number of alkyl halides is 2. The van der Waals surface area contributed by atoms with Crippen LogP contribution in [-0.4, -0.2) is 67.9 Å². The van der Waals surface area contributed by atoms with Crippen LogP contribution in [-0.2, 0) is 11.2 Å². The molecule has 1 heterocycles. The lowest BCUT2D eigenvalue weighted by Crippen LogP contribution is -2.54. The maximum atomic E-state index is 12.4. The largest absolute Gasteiger partial charge is 0.351 e. The molecule has 1 fully saturated rings. The van der Waals surface area contributed by atoms with Crippen LogP contribution in [0.25, 0.3) is 0 Å². The number of aliphatic imine (C=N–C) groups is 1.